The number of fused-ring (bicyclic) bond motifs is 2. The van der Waals surface area contributed by atoms with Crippen LogP contribution in [-0.2, 0) is 15.0 Å². The first-order valence-electron chi connectivity index (χ1n) is 10.1. The standard InChI is InChI=1S/C19H26N4O6S/c1-3-21(4-2)30(26,27)22-7-5-20(6-8-22)13-23-15-12-17-16(28-9-10-29-17)11-14(15)18(24)19(23)25/h11-12H,3-10,13H2,1-2H3. The highest BCUT2D eigenvalue weighted by Crippen LogP contribution is 2.40. The van der Waals surface area contributed by atoms with Gasteiger partial charge in [0.15, 0.2) is 11.5 Å². The molecular weight excluding hydrogens is 412 g/mol. The smallest absolute Gasteiger partial charge is 0.300 e. The Balaban J connectivity index is 1.47. The second kappa shape index (κ2) is 8.14. The first-order valence-corrected chi connectivity index (χ1v) is 11.5. The fourth-order valence-electron chi connectivity index (χ4n) is 3.99. The molecule has 1 fully saturated rings. The Morgan fingerprint density at radius 1 is 0.967 bits per heavy atom. The van der Waals surface area contributed by atoms with Gasteiger partial charge in [-0.15, -0.1) is 0 Å². The Hall–Kier alpha value is -2.21. The SMILES string of the molecule is CCN(CC)S(=O)(=O)N1CCN(CN2C(=O)C(=O)c3cc4c(cc32)OCCO4)CC1. The molecular formula is C19H26N4O6S. The summed E-state index contributed by atoms with van der Waals surface area (Å²) in [6.07, 6.45) is 0. The quantitative estimate of drug-likeness (QED) is 0.583. The fraction of sp³-hybridized carbons (Fsp3) is 0.579. The number of ether oxygens (including phenoxy) is 2. The van der Waals surface area contributed by atoms with Gasteiger partial charge in [-0.3, -0.25) is 19.4 Å². The number of Topliss-reactive ketones (excluding diaryl/α,β-unsaturated/α-hetero) is 1. The highest BCUT2D eigenvalue weighted by atomic mass is 32.2. The van der Waals surface area contributed by atoms with E-state index in [1.54, 1.807) is 12.1 Å². The highest BCUT2D eigenvalue weighted by molar-refractivity contribution is 7.86. The number of carbonyl (C=O) groups excluding carboxylic acids is 2. The maximum atomic E-state index is 12.7. The molecule has 0 atom stereocenters. The van der Waals surface area contributed by atoms with Gasteiger partial charge < -0.3 is 9.47 Å². The summed E-state index contributed by atoms with van der Waals surface area (Å²) in [5, 5.41) is 0. The van der Waals surface area contributed by atoms with Gasteiger partial charge in [0.05, 0.1) is 17.9 Å². The van der Waals surface area contributed by atoms with Crippen LogP contribution in [0.15, 0.2) is 12.1 Å². The number of hydrogen-bond acceptors (Lipinski definition) is 7. The molecule has 1 amide bonds. The predicted octanol–water partition coefficient (Wildman–Crippen LogP) is 0.149. The molecule has 0 radical (unpaired) electrons. The van der Waals surface area contributed by atoms with E-state index in [2.05, 4.69) is 0 Å². The van der Waals surface area contributed by atoms with Gasteiger partial charge >= 0.3 is 5.91 Å². The monoisotopic (exact) mass is 438 g/mol. The molecule has 0 aromatic heterocycles. The van der Waals surface area contributed by atoms with E-state index < -0.39 is 21.9 Å². The molecule has 164 valence electrons. The van der Waals surface area contributed by atoms with Crippen molar-refractivity contribution in [3.63, 3.8) is 0 Å². The van der Waals surface area contributed by atoms with Crippen LogP contribution in [0.5, 0.6) is 11.5 Å². The van der Waals surface area contributed by atoms with Crippen LogP contribution in [0.25, 0.3) is 0 Å². The van der Waals surface area contributed by atoms with E-state index in [0.717, 1.165) is 0 Å². The normalized spacial score (nSPS) is 20.2. The number of anilines is 1. The van der Waals surface area contributed by atoms with Crippen molar-refractivity contribution in [1.82, 2.24) is 13.5 Å². The topological polar surface area (TPSA) is 99.7 Å². The zero-order valence-electron chi connectivity index (χ0n) is 17.2. The lowest BCUT2D eigenvalue weighted by Gasteiger charge is -2.37. The summed E-state index contributed by atoms with van der Waals surface area (Å²) >= 11 is 0. The second-order valence-corrected chi connectivity index (χ2v) is 9.25. The van der Waals surface area contributed by atoms with Crippen molar-refractivity contribution in [2.75, 3.05) is 64.1 Å². The van der Waals surface area contributed by atoms with Gasteiger partial charge in [0.1, 0.15) is 13.2 Å². The van der Waals surface area contributed by atoms with Crippen molar-refractivity contribution in [2.45, 2.75) is 13.8 Å². The second-order valence-electron chi connectivity index (χ2n) is 7.33. The lowest BCUT2D eigenvalue weighted by Crippen LogP contribution is -2.55. The molecule has 3 heterocycles. The van der Waals surface area contributed by atoms with Crippen molar-refractivity contribution in [3.8, 4) is 11.5 Å². The van der Waals surface area contributed by atoms with E-state index in [1.165, 1.54) is 13.5 Å². The van der Waals surface area contributed by atoms with Crippen LogP contribution in [0.4, 0.5) is 5.69 Å². The van der Waals surface area contributed by atoms with E-state index in [-0.39, 0.29) is 6.67 Å². The third-order valence-electron chi connectivity index (χ3n) is 5.67. The Kier molecular flexibility index (Phi) is 5.71. The zero-order chi connectivity index (χ0) is 21.5. The van der Waals surface area contributed by atoms with Crippen molar-refractivity contribution in [1.29, 1.82) is 0 Å². The Morgan fingerprint density at radius 2 is 1.57 bits per heavy atom. The predicted molar refractivity (Wildman–Crippen MR) is 109 cm³/mol. The highest BCUT2D eigenvalue weighted by Gasteiger charge is 2.39. The zero-order valence-corrected chi connectivity index (χ0v) is 18.0. The average molecular weight is 439 g/mol. The number of hydrogen-bond donors (Lipinski definition) is 0. The largest absolute Gasteiger partial charge is 0.486 e. The average Bonchev–Trinajstić information content (AvgIpc) is 2.97. The van der Waals surface area contributed by atoms with Gasteiger partial charge in [-0.05, 0) is 6.07 Å². The van der Waals surface area contributed by atoms with Gasteiger partial charge in [-0.1, -0.05) is 13.8 Å². The lowest BCUT2D eigenvalue weighted by molar-refractivity contribution is -0.114. The summed E-state index contributed by atoms with van der Waals surface area (Å²) < 4.78 is 39.4. The van der Waals surface area contributed by atoms with Crippen molar-refractivity contribution in [3.05, 3.63) is 17.7 Å². The molecule has 10 nitrogen and oxygen atoms in total. The van der Waals surface area contributed by atoms with Gasteiger partial charge in [0.25, 0.3) is 16.0 Å². The minimum Gasteiger partial charge on any atom is -0.486 e. The van der Waals surface area contributed by atoms with Crippen LogP contribution in [-0.4, -0.2) is 92.8 Å². The molecule has 11 heteroatoms. The van der Waals surface area contributed by atoms with Crippen molar-refractivity contribution < 1.29 is 27.5 Å². The number of nitrogens with zero attached hydrogens (tertiary/aromatic N) is 4. The molecule has 0 unspecified atom stereocenters. The maximum Gasteiger partial charge on any atom is 0.300 e. The molecule has 0 N–H and O–H groups in total. The van der Waals surface area contributed by atoms with Crippen molar-refractivity contribution in [2.24, 2.45) is 0 Å². The first kappa shape index (κ1) is 21.0. The van der Waals surface area contributed by atoms with Gasteiger partial charge in [0, 0.05) is 45.3 Å². The molecule has 0 spiro atoms. The van der Waals surface area contributed by atoms with Crippen LogP contribution in [0.3, 0.4) is 0 Å². The van der Waals surface area contributed by atoms with E-state index in [1.807, 2.05) is 18.7 Å². The Bertz CT molecular complexity index is 954. The van der Waals surface area contributed by atoms with Crippen LogP contribution in [0.1, 0.15) is 24.2 Å². The summed E-state index contributed by atoms with van der Waals surface area (Å²) in [6, 6.07) is 3.24. The maximum absolute atomic E-state index is 12.7. The van der Waals surface area contributed by atoms with E-state index in [0.29, 0.717) is 75.2 Å². The van der Waals surface area contributed by atoms with Crippen molar-refractivity contribution >= 4 is 27.6 Å². The summed E-state index contributed by atoms with van der Waals surface area (Å²) in [5.41, 5.74) is 0.819. The number of benzene rings is 1. The Labute approximate surface area is 176 Å². The molecule has 0 aliphatic carbocycles. The molecule has 1 saturated heterocycles. The fourth-order valence-corrected chi connectivity index (χ4v) is 5.59. The molecule has 3 aliphatic heterocycles. The molecule has 4 rings (SSSR count). The number of amides is 1. The van der Waals surface area contributed by atoms with E-state index in [9.17, 15) is 18.0 Å². The summed E-state index contributed by atoms with van der Waals surface area (Å²) in [4.78, 5) is 28.5. The van der Waals surface area contributed by atoms with Crippen LogP contribution >= 0.6 is 0 Å². The minimum atomic E-state index is -3.48. The van der Waals surface area contributed by atoms with Crippen LogP contribution < -0.4 is 14.4 Å². The number of carbonyl (C=O) groups is 2. The molecule has 1 aromatic rings. The number of rotatable bonds is 6. The van der Waals surface area contributed by atoms with Gasteiger partial charge in [0.2, 0.25) is 0 Å². The molecule has 0 saturated carbocycles. The van der Waals surface area contributed by atoms with Crippen LogP contribution in [0, 0.1) is 0 Å². The third-order valence-corrected chi connectivity index (χ3v) is 7.85. The lowest BCUT2D eigenvalue weighted by atomic mass is 10.1. The number of piperazine rings is 1. The van der Waals surface area contributed by atoms with E-state index >= 15 is 0 Å². The Morgan fingerprint density at radius 3 is 2.17 bits per heavy atom. The molecule has 1 aromatic carbocycles. The molecule has 0 bridgehead atoms. The molecule has 30 heavy (non-hydrogen) atoms. The van der Waals surface area contributed by atoms with Gasteiger partial charge in [-0.25, -0.2) is 0 Å². The van der Waals surface area contributed by atoms with Gasteiger partial charge in [-0.2, -0.15) is 17.0 Å². The number of ketones is 1. The summed E-state index contributed by atoms with van der Waals surface area (Å²) in [6.45, 7) is 7.14. The van der Waals surface area contributed by atoms with Crippen LogP contribution in [0.2, 0.25) is 0 Å². The van der Waals surface area contributed by atoms with E-state index in [4.69, 9.17) is 9.47 Å². The minimum absolute atomic E-state index is 0.219. The summed E-state index contributed by atoms with van der Waals surface area (Å²) in [5.74, 6) is -0.170. The first-order chi connectivity index (χ1) is 14.4. The summed E-state index contributed by atoms with van der Waals surface area (Å²) in [7, 11) is -3.48. The molecule has 3 aliphatic rings. The third kappa shape index (κ3) is 3.55.